The Bertz CT molecular complexity index is 724. The Labute approximate surface area is 167 Å². The number of esters is 1. The number of ether oxygens (including phenoxy) is 1. The van der Waals surface area contributed by atoms with Gasteiger partial charge in [-0.2, -0.15) is 0 Å². The molecule has 1 atom stereocenters. The molecule has 0 radical (unpaired) electrons. The van der Waals surface area contributed by atoms with Gasteiger partial charge in [0, 0.05) is 18.3 Å². The Morgan fingerprint density at radius 1 is 1.18 bits per heavy atom. The first-order valence-corrected chi connectivity index (χ1v) is 10.2. The van der Waals surface area contributed by atoms with E-state index in [1.807, 2.05) is 30.3 Å². The highest BCUT2D eigenvalue weighted by atomic mass is 16.5. The number of carbonyl (C=O) groups excluding carboxylic acids is 2. The quantitative estimate of drug-likeness (QED) is 0.737. The van der Waals surface area contributed by atoms with Crippen molar-refractivity contribution < 1.29 is 14.3 Å². The molecule has 1 saturated carbocycles. The first kappa shape index (κ1) is 20.4. The van der Waals surface area contributed by atoms with Crippen LogP contribution in [0.4, 0.5) is 4.79 Å². The van der Waals surface area contributed by atoms with Crippen LogP contribution in [0.2, 0.25) is 0 Å². The van der Waals surface area contributed by atoms with Crippen LogP contribution in [-0.2, 0) is 9.53 Å². The molecule has 0 aromatic heterocycles. The smallest absolute Gasteiger partial charge is 0.338 e. The second kappa shape index (κ2) is 9.24. The Balaban J connectivity index is 1.90. The molecular formula is C22H31N3O3. The number of likely N-dealkylation sites (N-methyl/N-ethyl adjacent to an activating group) is 1. The third-order valence-corrected chi connectivity index (χ3v) is 5.80. The molecule has 28 heavy (non-hydrogen) atoms. The first-order chi connectivity index (χ1) is 13.5. The lowest BCUT2D eigenvalue weighted by Crippen LogP contribution is -2.49. The average molecular weight is 386 g/mol. The number of hydrogen-bond acceptors (Lipinski definition) is 4. The van der Waals surface area contributed by atoms with E-state index in [4.69, 9.17) is 4.74 Å². The minimum absolute atomic E-state index is 0.289. The molecule has 0 saturated heterocycles. The van der Waals surface area contributed by atoms with Crippen molar-refractivity contribution in [3.05, 3.63) is 47.2 Å². The number of nitrogens with one attached hydrogen (secondary N) is 2. The molecule has 1 aromatic rings. The highest BCUT2D eigenvalue weighted by Gasteiger charge is 2.34. The van der Waals surface area contributed by atoms with Gasteiger partial charge >= 0.3 is 12.0 Å². The van der Waals surface area contributed by atoms with E-state index < -0.39 is 6.04 Å². The summed E-state index contributed by atoms with van der Waals surface area (Å²) in [7, 11) is 2.07. The number of nitrogens with zero attached hydrogens (tertiary/aromatic N) is 1. The summed E-state index contributed by atoms with van der Waals surface area (Å²) in [6, 6.07) is 9.22. The number of benzene rings is 1. The zero-order chi connectivity index (χ0) is 20.1. The summed E-state index contributed by atoms with van der Waals surface area (Å²) in [5.41, 5.74) is 1.99. The predicted octanol–water partition coefficient (Wildman–Crippen LogP) is 3.37. The largest absolute Gasteiger partial charge is 0.463 e. The SMILES string of the molecule is CCOC(=O)C1=C(CN(C)C2CCC(C)CC2)NC(=O)N[C@H]1c1ccccc1. The van der Waals surface area contributed by atoms with Crippen molar-refractivity contribution in [2.24, 2.45) is 5.92 Å². The molecule has 2 amide bonds. The van der Waals surface area contributed by atoms with Crippen molar-refractivity contribution in [2.45, 2.75) is 51.6 Å². The lowest BCUT2D eigenvalue weighted by Gasteiger charge is -2.36. The molecular weight excluding hydrogens is 354 g/mol. The molecule has 6 heteroatoms. The fraction of sp³-hybridized carbons (Fsp3) is 0.545. The fourth-order valence-corrected chi connectivity index (χ4v) is 4.15. The summed E-state index contributed by atoms with van der Waals surface area (Å²) in [5.74, 6) is 0.393. The molecule has 2 aliphatic rings. The summed E-state index contributed by atoms with van der Waals surface area (Å²) in [6.07, 6.45) is 4.74. The van der Waals surface area contributed by atoms with Gasteiger partial charge in [0.1, 0.15) is 0 Å². The van der Waals surface area contributed by atoms with E-state index >= 15 is 0 Å². The molecule has 1 aliphatic carbocycles. The standard InChI is InChI=1S/C22H31N3O3/c1-4-28-21(26)19-18(14-25(3)17-12-10-15(2)11-13-17)23-22(27)24-20(19)16-8-6-5-7-9-16/h5-9,15,17,20H,4,10-14H2,1-3H3,(H2,23,24,27)/t15?,17?,20-/m0/s1. The molecule has 1 aromatic carbocycles. The van der Waals surface area contributed by atoms with Crippen molar-refractivity contribution in [2.75, 3.05) is 20.2 Å². The number of hydrogen-bond donors (Lipinski definition) is 2. The van der Waals surface area contributed by atoms with Gasteiger partial charge < -0.3 is 15.4 Å². The number of amides is 2. The van der Waals surface area contributed by atoms with E-state index in [1.54, 1.807) is 6.92 Å². The Morgan fingerprint density at radius 2 is 1.86 bits per heavy atom. The maximum Gasteiger partial charge on any atom is 0.338 e. The molecule has 1 aliphatic heterocycles. The van der Waals surface area contributed by atoms with E-state index in [2.05, 4.69) is 29.5 Å². The Kier molecular flexibility index (Phi) is 6.73. The Hall–Kier alpha value is -2.34. The molecule has 6 nitrogen and oxygen atoms in total. The van der Waals surface area contributed by atoms with Crippen molar-refractivity contribution >= 4 is 12.0 Å². The van der Waals surface area contributed by atoms with Crippen LogP contribution >= 0.6 is 0 Å². The van der Waals surface area contributed by atoms with Crippen molar-refractivity contribution in [1.29, 1.82) is 0 Å². The summed E-state index contributed by atoms with van der Waals surface area (Å²) < 4.78 is 5.33. The van der Waals surface area contributed by atoms with E-state index in [0.29, 0.717) is 30.5 Å². The molecule has 0 bridgehead atoms. The third kappa shape index (κ3) is 4.73. The zero-order valence-corrected chi connectivity index (χ0v) is 17.0. The highest BCUT2D eigenvalue weighted by molar-refractivity contribution is 5.95. The van der Waals surface area contributed by atoms with Crippen LogP contribution in [0.3, 0.4) is 0 Å². The van der Waals surface area contributed by atoms with Gasteiger partial charge in [-0.05, 0) is 51.1 Å². The van der Waals surface area contributed by atoms with Crippen LogP contribution in [0.5, 0.6) is 0 Å². The molecule has 2 N–H and O–H groups in total. The predicted molar refractivity (Wildman–Crippen MR) is 109 cm³/mol. The minimum atomic E-state index is -0.510. The van der Waals surface area contributed by atoms with Crippen LogP contribution in [0.25, 0.3) is 0 Å². The average Bonchev–Trinajstić information content (AvgIpc) is 2.68. The maximum atomic E-state index is 12.8. The number of urea groups is 1. The monoisotopic (exact) mass is 385 g/mol. The summed E-state index contributed by atoms with van der Waals surface area (Å²) in [6.45, 7) is 4.90. The lowest BCUT2D eigenvalue weighted by molar-refractivity contribution is -0.139. The van der Waals surface area contributed by atoms with Gasteiger partial charge in [0.2, 0.25) is 0 Å². The maximum absolute atomic E-state index is 12.8. The van der Waals surface area contributed by atoms with Crippen LogP contribution < -0.4 is 10.6 Å². The van der Waals surface area contributed by atoms with Crippen molar-refractivity contribution in [3.8, 4) is 0 Å². The highest BCUT2D eigenvalue weighted by Crippen LogP contribution is 2.30. The van der Waals surface area contributed by atoms with Gasteiger partial charge in [-0.1, -0.05) is 37.3 Å². The normalized spacial score (nSPS) is 25.3. The second-order valence-electron chi connectivity index (χ2n) is 7.88. The molecule has 1 fully saturated rings. The van der Waals surface area contributed by atoms with E-state index in [1.165, 1.54) is 12.8 Å². The number of rotatable bonds is 6. The lowest BCUT2D eigenvalue weighted by atomic mass is 9.86. The molecule has 0 spiro atoms. The van der Waals surface area contributed by atoms with Gasteiger partial charge in [0.25, 0.3) is 0 Å². The van der Waals surface area contributed by atoms with E-state index in [9.17, 15) is 9.59 Å². The van der Waals surface area contributed by atoms with Gasteiger partial charge in [-0.3, -0.25) is 4.90 Å². The molecule has 152 valence electrons. The number of carbonyl (C=O) groups is 2. The van der Waals surface area contributed by atoms with Crippen molar-refractivity contribution in [3.63, 3.8) is 0 Å². The van der Waals surface area contributed by atoms with Crippen LogP contribution in [0.1, 0.15) is 51.1 Å². The molecule has 1 heterocycles. The van der Waals surface area contributed by atoms with Crippen LogP contribution in [0.15, 0.2) is 41.6 Å². The molecule has 0 unspecified atom stereocenters. The van der Waals surface area contributed by atoms with Gasteiger partial charge in [-0.15, -0.1) is 0 Å². The Morgan fingerprint density at radius 3 is 2.50 bits per heavy atom. The minimum Gasteiger partial charge on any atom is -0.463 e. The van der Waals surface area contributed by atoms with E-state index in [-0.39, 0.29) is 12.0 Å². The topological polar surface area (TPSA) is 70.7 Å². The third-order valence-electron chi connectivity index (χ3n) is 5.80. The summed E-state index contributed by atoms with van der Waals surface area (Å²) in [4.78, 5) is 27.4. The zero-order valence-electron chi connectivity index (χ0n) is 17.0. The second-order valence-corrected chi connectivity index (χ2v) is 7.88. The fourth-order valence-electron chi connectivity index (χ4n) is 4.15. The summed E-state index contributed by atoms with van der Waals surface area (Å²) >= 11 is 0. The van der Waals surface area contributed by atoms with E-state index in [0.717, 1.165) is 24.3 Å². The van der Waals surface area contributed by atoms with Gasteiger partial charge in [0.15, 0.2) is 0 Å². The summed E-state index contributed by atoms with van der Waals surface area (Å²) in [5, 5.41) is 5.75. The van der Waals surface area contributed by atoms with Crippen LogP contribution in [0, 0.1) is 5.92 Å². The van der Waals surface area contributed by atoms with Crippen LogP contribution in [-0.4, -0.2) is 43.1 Å². The van der Waals surface area contributed by atoms with Gasteiger partial charge in [0.05, 0.1) is 18.2 Å². The van der Waals surface area contributed by atoms with Gasteiger partial charge in [-0.25, -0.2) is 9.59 Å². The molecule has 3 rings (SSSR count). The first-order valence-electron chi connectivity index (χ1n) is 10.2. The van der Waals surface area contributed by atoms with Crippen molar-refractivity contribution in [1.82, 2.24) is 15.5 Å².